The van der Waals surface area contributed by atoms with E-state index >= 15 is 0 Å². The average molecular weight is 460 g/mol. The molecule has 174 valence electrons. The van der Waals surface area contributed by atoms with Crippen molar-refractivity contribution < 1.29 is 18.3 Å². The predicted octanol–water partition coefficient (Wildman–Crippen LogP) is 2.80. The van der Waals surface area contributed by atoms with Crippen molar-refractivity contribution in [1.29, 1.82) is 0 Å². The van der Waals surface area contributed by atoms with Crippen molar-refractivity contribution in [3.8, 4) is 5.75 Å². The van der Waals surface area contributed by atoms with E-state index in [-0.39, 0.29) is 19.1 Å². The van der Waals surface area contributed by atoms with E-state index in [9.17, 15) is 13.5 Å². The first-order valence-electron chi connectivity index (χ1n) is 11.3. The molecule has 1 aliphatic rings. The Kier molecular flexibility index (Phi) is 7.05. The smallest absolute Gasteiger partial charge is 0.168 e. The maximum Gasteiger partial charge on any atom is 0.168 e. The zero-order chi connectivity index (χ0) is 22.7. The van der Waals surface area contributed by atoms with Crippen LogP contribution in [0.2, 0.25) is 0 Å². The first-order chi connectivity index (χ1) is 15.4. The number of aliphatic hydroxyl groups is 1. The molecule has 4 rings (SSSR count). The highest BCUT2D eigenvalue weighted by atomic mass is 32.2. The number of benzene rings is 2. The lowest BCUT2D eigenvalue weighted by Crippen LogP contribution is -2.51. The SMILES string of the molecule is CC(C)S(=O)(=O)C(NC[C@H](O)COc1cccc2[nH]c3ccccc3c12)C1CCNCC1. The molecule has 2 aromatic carbocycles. The maximum atomic E-state index is 13.0. The van der Waals surface area contributed by atoms with Crippen molar-refractivity contribution in [2.24, 2.45) is 5.92 Å². The Bertz CT molecular complexity index is 1150. The van der Waals surface area contributed by atoms with Gasteiger partial charge in [-0.1, -0.05) is 24.3 Å². The van der Waals surface area contributed by atoms with Crippen LogP contribution in [0.3, 0.4) is 0 Å². The number of fused-ring (bicyclic) bond motifs is 3. The maximum absolute atomic E-state index is 13.0. The van der Waals surface area contributed by atoms with Crippen LogP contribution in [0.5, 0.6) is 5.75 Å². The molecule has 7 nitrogen and oxygen atoms in total. The molecule has 32 heavy (non-hydrogen) atoms. The second-order valence-corrected chi connectivity index (χ2v) is 11.5. The van der Waals surface area contributed by atoms with Gasteiger partial charge in [0.1, 0.15) is 23.8 Å². The molecule has 2 heterocycles. The number of nitrogens with one attached hydrogen (secondary N) is 3. The summed E-state index contributed by atoms with van der Waals surface area (Å²) in [6.07, 6.45) is 0.777. The molecule has 0 bridgehead atoms. The van der Waals surface area contributed by atoms with Gasteiger partial charge in [-0.25, -0.2) is 8.42 Å². The molecule has 1 aliphatic heterocycles. The number of rotatable bonds is 9. The molecule has 2 atom stereocenters. The first-order valence-corrected chi connectivity index (χ1v) is 13.0. The Morgan fingerprint density at radius 1 is 1.09 bits per heavy atom. The van der Waals surface area contributed by atoms with Crippen molar-refractivity contribution in [3.63, 3.8) is 0 Å². The summed E-state index contributed by atoms with van der Waals surface area (Å²) in [7, 11) is -3.34. The van der Waals surface area contributed by atoms with E-state index in [1.54, 1.807) is 13.8 Å². The topological polar surface area (TPSA) is 103 Å². The van der Waals surface area contributed by atoms with Crippen LogP contribution < -0.4 is 15.4 Å². The van der Waals surface area contributed by atoms with Crippen LogP contribution in [0.25, 0.3) is 21.8 Å². The number of aromatic amines is 1. The molecule has 0 radical (unpaired) electrons. The fourth-order valence-corrected chi connectivity index (χ4v) is 6.20. The lowest BCUT2D eigenvalue weighted by Gasteiger charge is -2.32. The normalized spacial score (nSPS) is 17.8. The van der Waals surface area contributed by atoms with Gasteiger partial charge in [-0.15, -0.1) is 0 Å². The lowest BCUT2D eigenvalue weighted by molar-refractivity contribution is 0.104. The minimum absolute atomic E-state index is 0.0386. The first kappa shape index (κ1) is 23.0. The monoisotopic (exact) mass is 459 g/mol. The molecule has 1 aromatic heterocycles. The van der Waals surface area contributed by atoms with E-state index in [1.165, 1.54) is 0 Å². The summed E-state index contributed by atoms with van der Waals surface area (Å²) < 4.78 is 31.9. The van der Waals surface area contributed by atoms with Gasteiger partial charge in [0.15, 0.2) is 9.84 Å². The molecule has 0 amide bonds. The third-order valence-electron chi connectivity index (χ3n) is 6.30. The largest absolute Gasteiger partial charge is 0.490 e. The zero-order valence-corrected chi connectivity index (χ0v) is 19.5. The Morgan fingerprint density at radius 2 is 1.81 bits per heavy atom. The highest BCUT2D eigenvalue weighted by molar-refractivity contribution is 7.92. The molecule has 1 fully saturated rings. The van der Waals surface area contributed by atoms with Crippen molar-refractivity contribution in [3.05, 3.63) is 42.5 Å². The van der Waals surface area contributed by atoms with Gasteiger partial charge in [0.05, 0.1) is 10.8 Å². The number of aliphatic hydroxyl groups excluding tert-OH is 1. The number of aromatic nitrogens is 1. The Labute approximate surface area is 189 Å². The van der Waals surface area contributed by atoms with Crippen molar-refractivity contribution in [2.45, 2.75) is 43.4 Å². The van der Waals surface area contributed by atoms with E-state index in [1.807, 2.05) is 42.5 Å². The fraction of sp³-hybridized carbons (Fsp3) is 0.500. The molecule has 0 spiro atoms. The van der Waals surface area contributed by atoms with Gasteiger partial charge in [-0.2, -0.15) is 0 Å². The number of hydrogen-bond acceptors (Lipinski definition) is 6. The van der Waals surface area contributed by atoms with Crippen LogP contribution in [0.1, 0.15) is 26.7 Å². The van der Waals surface area contributed by atoms with Gasteiger partial charge >= 0.3 is 0 Å². The van der Waals surface area contributed by atoms with Crippen LogP contribution in [-0.4, -0.2) is 61.5 Å². The molecule has 4 N–H and O–H groups in total. The fourth-order valence-electron chi connectivity index (χ4n) is 4.48. The number of H-pyrrole nitrogens is 1. The summed E-state index contributed by atoms with van der Waals surface area (Å²) in [5.74, 6) is 0.737. The van der Waals surface area contributed by atoms with E-state index in [0.29, 0.717) is 5.75 Å². The van der Waals surface area contributed by atoms with Crippen LogP contribution in [0.4, 0.5) is 0 Å². The Hall–Kier alpha value is -2.13. The van der Waals surface area contributed by atoms with Gasteiger partial charge < -0.3 is 20.1 Å². The van der Waals surface area contributed by atoms with Crippen molar-refractivity contribution in [2.75, 3.05) is 26.2 Å². The highest BCUT2D eigenvalue weighted by Crippen LogP contribution is 2.33. The molecule has 8 heteroatoms. The summed E-state index contributed by atoms with van der Waals surface area (Å²) in [6.45, 7) is 5.29. The number of piperidine rings is 1. The summed E-state index contributed by atoms with van der Waals surface area (Å²) in [6, 6.07) is 13.8. The van der Waals surface area contributed by atoms with E-state index in [2.05, 4.69) is 15.6 Å². The Balaban J connectivity index is 1.43. The van der Waals surface area contributed by atoms with Crippen LogP contribution in [0.15, 0.2) is 42.5 Å². The second-order valence-electron chi connectivity index (χ2n) is 8.87. The standard InChI is InChI=1S/C24H33N3O4S/c1-16(2)32(29,30)24(17-10-12-25-13-11-17)26-14-18(28)15-31-22-9-5-8-21-23(22)19-6-3-4-7-20(19)27-21/h3-9,16-18,24-28H,10-15H2,1-2H3/t18-,24?/m0/s1. The van der Waals surface area contributed by atoms with Crippen LogP contribution in [-0.2, 0) is 9.84 Å². The van der Waals surface area contributed by atoms with Crippen molar-refractivity contribution in [1.82, 2.24) is 15.6 Å². The molecule has 3 aromatic rings. The number of para-hydroxylation sites is 1. The molecular weight excluding hydrogens is 426 g/mol. The van der Waals surface area contributed by atoms with Gasteiger partial charge in [0.25, 0.3) is 0 Å². The van der Waals surface area contributed by atoms with Gasteiger partial charge in [0.2, 0.25) is 0 Å². The minimum atomic E-state index is -3.34. The van der Waals surface area contributed by atoms with Gasteiger partial charge in [-0.05, 0) is 63.9 Å². The van der Waals surface area contributed by atoms with E-state index < -0.39 is 26.6 Å². The highest BCUT2D eigenvalue weighted by Gasteiger charge is 2.36. The predicted molar refractivity (Wildman–Crippen MR) is 129 cm³/mol. The zero-order valence-electron chi connectivity index (χ0n) is 18.7. The quantitative estimate of drug-likeness (QED) is 0.392. The number of sulfone groups is 1. The Morgan fingerprint density at radius 3 is 2.56 bits per heavy atom. The summed E-state index contributed by atoms with van der Waals surface area (Å²) in [5.41, 5.74) is 2.01. The van der Waals surface area contributed by atoms with Crippen molar-refractivity contribution >= 4 is 31.6 Å². The second kappa shape index (κ2) is 9.79. The molecular formula is C24H33N3O4S. The third-order valence-corrected chi connectivity index (χ3v) is 8.87. The van der Waals surface area contributed by atoms with Crippen LogP contribution >= 0.6 is 0 Å². The third kappa shape index (κ3) is 4.78. The number of hydrogen-bond donors (Lipinski definition) is 4. The molecule has 0 aliphatic carbocycles. The average Bonchev–Trinajstić information content (AvgIpc) is 3.17. The van der Waals surface area contributed by atoms with E-state index in [4.69, 9.17) is 4.74 Å². The molecule has 1 saturated heterocycles. The minimum Gasteiger partial charge on any atom is -0.490 e. The van der Waals surface area contributed by atoms with Gasteiger partial charge in [0, 0.05) is 22.8 Å². The summed E-state index contributed by atoms with van der Waals surface area (Å²) >= 11 is 0. The molecule has 0 saturated carbocycles. The summed E-state index contributed by atoms with van der Waals surface area (Å²) in [4.78, 5) is 3.38. The van der Waals surface area contributed by atoms with E-state index in [0.717, 1.165) is 47.7 Å². The van der Waals surface area contributed by atoms with Gasteiger partial charge in [-0.3, -0.25) is 5.32 Å². The number of ether oxygens (including phenoxy) is 1. The van der Waals surface area contributed by atoms with Crippen LogP contribution in [0, 0.1) is 5.92 Å². The summed E-state index contributed by atoms with van der Waals surface area (Å²) in [5, 5.41) is 18.0. The molecule has 1 unspecified atom stereocenters. The lowest BCUT2D eigenvalue weighted by atomic mass is 9.98.